The van der Waals surface area contributed by atoms with Crippen LogP contribution in [-0.2, 0) is 11.8 Å². The summed E-state index contributed by atoms with van der Waals surface area (Å²) in [6, 6.07) is 8.44. The summed E-state index contributed by atoms with van der Waals surface area (Å²) in [6.07, 6.45) is 6.86. The predicted octanol–water partition coefficient (Wildman–Crippen LogP) is 3.81. The van der Waals surface area contributed by atoms with Gasteiger partial charge in [-0.3, -0.25) is 0 Å². The van der Waals surface area contributed by atoms with Crippen LogP contribution in [0.2, 0.25) is 0 Å². The van der Waals surface area contributed by atoms with E-state index < -0.39 is 0 Å². The number of hydrogen-bond donors (Lipinski definition) is 1. The van der Waals surface area contributed by atoms with E-state index in [1.165, 1.54) is 24.8 Å². The second-order valence-corrected chi connectivity index (χ2v) is 6.92. The summed E-state index contributed by atoms with van der Waals surface area (Å²) >= 11 is 0. The lowest BCUT2D eigenvalue weighted by Gasteiger charge is -2.26. The molecule has 2 aromatic rings. The molecule has 1 aromatic heterocycles. The van der Waals surface area contributed by atoms with Crippen molar-refractivity contribution in [2.24, 2.45) is 0 Å². The molecule has 0 radical (unpaired) electrons. The first-order valence-corrected chi connectivity index (χ1v) is 8.85. The minimum absolute atomic E-state index is 0.0637. The Morgan fingerprint density at radius 2 is 1.96 bits per heavy atom. The molecule has 2 fully saturated rings. The summed E-state index contributed by atoms with van der Waals surface area (Å²) in [6.45, 7) is 5.87. The zero-order valence-electron chi connectivity index (χ0n) is 15.0. The maximum absolute atomic E-state index is 7.00. The Bertz CT molecular complexity index is 713. The fraction of sp³-hybridized carbons (Fsp3) is 0.500. The van der Waals surface area contributed by atoms with Crippen LogP contribution in [-0.4, -0.2) is 28.5 Å². The molecule has 134 valence electrons. The molecule has 1 aromatic carbocycles. The second kappa shape index (κ2) is 7.40. The van der Waals surface area contributed by atoms with Gasteiger partial charge in [-0.25, -0.2) is 0 Å². The molecular weight excluding hydrogens is 316 g/mol. The van der Waals surface area contributed by atoms with Gasteiger partial charge in [0.15, 0.2) is 5.82 Å². The smallest absolute Gasteiger partial charge is 0.230 e. The van der Waals surface area contributed by atoms with Gasteiger partial charge in [0, 0.05) is 13.5 Å². The summed E-state index contributed by atoms with van der Waals surface area (Å²) in [5.74, 6) is 2.43. The normalized spacial score (nSPS) is 17.9. The summed E-state index contributed by atoms with van der Waals surface area (Å²) < 4.78 is 11.3. The third-order valence-electron chi connectivity index (χ3n) is 4.86. The lowest BCUT2D eigenvalue weighted by atomic mass is 9.94. The Labute approximate surface area is 148 Å². The van der Waals surface area contributed by atoms with Gasteiger partial charge in [-0.1, -0.05) is 29.4 Å². The van der Waals surface area contributed by atoms with Crippen molar-refractivity contribution in [2.75, 3.05) is 7.11 Å². The van der Waals surface area contributed by atoms with Gasteiger partial charge in [0.2, 0.25) is 5.89 Å². The van der Waals surface area contributed by atoms with E-state index in [9.17, 15) is 0 Å². The number of ether oxygens (including phenoxy) is 1. The molecule has 0 saturated heterocycles. The van der Waals surface area contributed by atoms with Crippen molar-refractivity contribution in [2.45, 2.75) is 57.0 Å². The minimum Gasteiger partial charge on any atom is -0.490 e. The zero-order chi connectivity index (χ0) is 17.9. The third kappa shape index (κ3) is 3.76. The standard InChI is InChI=1S/C19H22N2O2.CH4O/c1-13(2)12-17-20-18(21-23-17)19(10-11-19)14-6-8-16(9-7-14)22-15-4-3-5-15;1-2/h6-9,15H,1,3-5,10-12H2,2H3;2H,1H3. The van der Waals surface area contributed by atoms with Gasteiger partial charge < -0.3 is 14.4 Å². The SMILES string of the molecule is C=C(C)Cc1nc(C2(c3ccc(OC4CCC4)cc3)CC2)no1.CO. The molecule has 0 amide bonds. The molecular formula is C20H26N2O3. The number of allylic oxidation sites excluding steroid dienone is 1. The van der Waals surface area contributed by atoms with Crippen LogP contribution in [0.3, 0.4) is 0 Å². The van der Waals surface area contributed by atoms with E-state index in [-0.39, 0.29) is 5.41 Å². The van der Waals surface area contributed by atoms with Crippen molar-refractivity contribution in [1.82, 2.24) is 10.1 Å². The highest BCUT2D eigenvalue weighted by Crippen LogP contribution is 2.52. The first-order chi connectivity index (χ1) is 12.2. The molecule has 4 rings (SSSR count). The molecule has 0 atom stereocenters. The van der Waals surface area contributed by atoms with E-state index in [2.05, 4.69) is 41.0 Å². The van der Waals surface area contributed by atoms with Crippen LogP contribution in [0.1, 0.15) is 56.3 Å². The molecule has 2 saturated carbocycles. The molecule has 25 heavy (non-hydrogen) atoms. The molecule has 1 heterocycles. The highest BCUT2D eigenvalue weighted by atomic mass is 16.5. The Hall–Kier alpha value is -2.14. The van der Waals surface area contributed by atoms with Crippen LogP contribution in [0.15, 0.2) is 40.9 Å². The highest BCUT2D eigenvalue weighted by molar-refractivity contribution is 5.41. The molecule has 0 aliphatic heterocycles. The molecule has 2 aliphatic rings. The van der Waals surface area contributed by atoms with Crippen molar-refractivity contribution >= 4 is 0 Å². The van der Waals surface area contributed by atoms with Crippen LogP contribution in [0, 0.1) is 0 Å². The van der Waals surface area contributed by atoms with Gasteiger partial charge in [-0.05, 0) is 56.7 Å². The van der Waals surface area contributed by atoms with E-state index in [4.69, 9.17) is 14.4 Å². The van der Waals surface area contributed by atoms with Crippen molar-refractivity contribution in [3.05, 3.63) is 53.7 Å². The number of aliphatic hydroxyl groups excluding tert-OH is 1. The van der Waals surface area contributed by atoms with Crippen LogP contribution in [0.5, 0.6) is 5.75 Å². The Morgan fingerprint density at radius 3 is 2.48 bits per heavy atom. The monoisotopic (exact) mass is 342 g/mol. The third-order valence-corrected chi connectivity index (χ3v) is 4.86. The lowest BCUT2D eigenvalue weighted by Crippen LogP contribution is -2.24. The van der Waals surface area contributed by atoms with Gasteiger partial charge in [-0.2, -0.15) is 4.98 Å². The molecule has 1 N–H and O–H groups in total. The average Bonchev–Trinajstić information content (AvgIpc) is 3.27. The van der Waals surface area contributed by atoms with E-state index in [0.29, 0.717) is 18.4 Å². The maximum Gasteiger partial charge on any atom is 0.230 e. The van der Waals surface area contributed by atoms with Crippen molar-refractivity contribution < 1.29 is 14.4 Å². The quantitative estimate of drug-likeness (QED) is 0.809. The Kier molecular flexibility index (Phi) is 5.23. The number of benzene rings is 1. The summed E-state index contributed by atoms with van der Waals surface area (Å²) in [5.41, 5.74) is 2.22. The van der Waals surface area contributed by atoms with Gasteiger partial charge >= 0.3 is 0 Å². The van der Waals surface area contributed by atoms with Crippen LogP contribution < -0.4 is 4.74 Å². The van der Waals surface area contributed by atoms with Gasteiger partial charge in [-0.15, -0.1) is 0 Å². The van der Waals surface area contributed by atoms with Gasteiger partial charge in [0.05, 0.1) is 11.5 Å². The Balaban J connectivity index is 0.000000880. The van der Waals surface area contributed by atoms with E-state index in [1.807, 2.05) is 6.92 Å². The topological polar surface area (TPSA) is 68.4 Å². The molecule has 5 heteroatoms. The number of hydrogen-bond acceptors (Lipinski definition) is 5. The minimum atomic E-state index is -0.0637. The van der Waals surface area contributed by atoms with Crippen LogP contribution in [0.4, 0.5) is 0 Å². The predicted molar refractivity (Wildman–Crippen MR) is 95.7 cm³/mol. The highest BCUT2D eigenvalue weighted by Gasteiger charge is 2.50. The van der Waals surface area contributed by atoms with E-state index in [1.54, 1.807) is 0 Å². The lowest BCUT2D eigenvalue weighted by molar-refractivity contribution is 0.120. The largest absolute Gasteiger partial charge is 0.490 e. The molecule has 0 unspecified atom stereocenters. The number of nitrogens with zero attached hydrogens (tertiary/aromatic N) is 2. The average molecular weight is 342 g/mol. The number of aliphatic hydroxyl groups is 1. The summed E-state index contributed by atoms with van der Waals surface area (Å²) in [5, 5.41) is 11.2. The fourth-order valence-electron chi connectivity index (χ4n) is 3.08. The fourth-order valence-corrected chi connectivity index (χ4v) is 3.08. The Morgan fingerprint density at radius 1 is 1.28 bits per heavy atom. The van der Waals surface area contributed by atoms with Crippen molar-refractivity contribution in [3.8, 4) is 5.75 Å². The van der Waals surface area contributed by atoms with Crippen molar-refractivity contribution in [1.29, 1.82) is 0 Å². The number of rotatable bonds is 6. The second-order valence-electron chi connectivity index (χ2n) is 6.92. The van der Waals surface area contributed by atoms with Gasteiger partial charge in [0.1, 0.15) is 5.75 Å². The number of aromatic nitrogens is 2. The summed E-state index contributed by atoms with van der Waals surface area (Å²) in [4.78, 5) is 4.58. The van der Waals surface area contributed by atoms with Crippen LogP contribution >= 0.6 is 0 Å². The first-order valence-electron chi connectivity index (χ1n) is 8.85. The summed E-state index contributed by atoms with van der Waals surface area (Å²) in [7, 11) is 1.00. The van der Waals surface area contributed by atoms with E-state index >= 15 is 0 Å². The van der Waals surface area contributed by atoms with Crippen molar-refractivity contribution in [3.63, 3.8) is 0 Å². The zero-order valence-corrected chi connectivity index (χ0v) is 15.0. The van der Waals surface area contributed by atoms with E-state index in [0.717, 1.165) is 37.1 Å². The first kappa shape index (κ1) is 17.7. The van der Waals surface area contributed by atoms with Gasteiger partial charge in [0.25, 0.3) is 0 Å². The van der Waals surface area contributed by atoms with Crippen LogP contribution in [0.25, 0.3) is 0 Å². The molecule has 5 nitrogen and oxygen atoms in total. The molecule has 2 aliphatic carbocycles. The molecule has 0 spiro atoms. The molecule has 0 bridgehead atoms. The maximum atomic E-state index is 7.00.